The second kappa shape index (κ2) is 5.14. The van der Waals surface area contributed by atoms with Crippen LogP contribution in [0.3, 0.4) is 0 Å². The van der Waals surface area contributed by atoms with E-state index in [0.717, 1.165) is 0 Å². The maximum Gasteiger partial charge on any atom is 0.157 e. The van der Waals surface area contributed by atoms with Gasteiger partial charge in [0.25, 0.3) is 0 Å². The van der Waals surface area contributed by atoms with Gasteiger partial charge in [-0.05, 0) is 11.6 Å². The fourth-order valence-corrected chi connectivity index (χ4v) is 1.44. The second-order valence-corrected chi connectivity index (χ2v) is 3.69. The number of nitrogens with zero attached hydrogens (tertiary/aromatic N) is 1. The molecular formula is C8H10FNO3S. The molecule has 1 aromatic heterocycles. The predicted molar refractivity (Wildman–Crippen MR) is 49.6 cm³/mol. The van der Waals surface area contributed by atoms with Crippen molar-refractivity contribution >= 4 is 11.1 Å². The first kappa shape index (κ1) is 11.2. The van der Waals surface area contributed by atoms with Crippen LogP contribution in [0.25, 0.3) is 0 Å². The van der Waals surface area contributed by atoms with Crippen molar-refractivity contribution in [3.05, 3.63) is 29.6 Å². The molecule has 1 aromatic rings. The first-order chi connectivity index (χ1) is 6.63. The van der Waals surface area contributed by atoms with Crippen LogP contribution < -0.4 is 0 Å². The summed E-state index contributed by atoms with van der Waals surface area (Å²) in [4.78, 5) is 3.73. The molecule has 6 heteroatoms. The van der Waals surface area contributed by atoms with Crippen LogP contribution in [0.1, 0.15) is 17.2 Å². The topological polar surface area (TPSA) is 70.4 Å². The first-order valence-electron chi connectivity index (χ1n) is 3.88. The molecule has 0 spiro atoms. The van der Waals surface area contributed by atoms with Crippen molar-refractivity contribution in [1.82, 2.24) is 4.98 Å². The summed E-state index contributed by atoms with van der Waals surface area (Å²) in [6.45, 7) is -0.895. The number of pyridine rings is 1. The van der Waals surface area contributed by atoms with Gasteiger partial charge in [0, 0.05) is 18.0 Å². The van der Waals surface area contributed by atoms with Gasteiger partial charge in [-0.2, -0.15) is 0 Å². The number of aliphatic hydroxyl groups is 1. The third-order valence-corrected chi connectivity index (χ3v) is 2.22. The van der Waals surface area contributed by atoms with E-state index in [1.165, 1.54) is 18.5 Å². The van der Waals surface area contributed by atoms with Crippen LogP contribution in [-0.2, 0) is 16.8 Å². The molecule has 1 heterocycles. The number of hydrogen-bond donors (Lipinski definition) is 2. The number of alkyl halides is 1. The quantitative estimate of drug-likeness (QED) is 0.735. The fraction of sp³-hybridized carbons (Fsp3) is 0.375. The van der Waals surface area contributed by atoms with Gasteiger partial charge < -0.3 is 9.66 Å². The molecule has 0 fully saturated rings. The lowest BCUT2D eigenvalue weighted by Gasteiger charge is -2.06. The molecule has 0 saturated heterocycles. The summed E-state index contributed by atoms with van der Waals surface area (Å²) in [6, 6.07) is 1.46. The fourth-order valence-electron chi connectivity index (χ4n) is 1.00. The summed E-state index contributed by atoms with van der Waals surface area (Å²) in [5.74, 6) is -0.0696. The van der Waals surface area contributed by atoms with Gasteiger partial charge in [-0.25, -0.2) is 8.60 Å². The Kier molecular flexibility index (Phi) is 4.12. The highest BCUT2D eigenvalue weighted by atomic mass is 32.2. The van der Waals surface area contributed by atoms with E-state index in [1.54, 1.807) is 0 Å². The van der Waals surface area contributed by atoms with Crippen LogP contribution >= 0.6 is 0 Å². The maximum absolute atomic E-state index is 12.1. The van der Waals surface area contributed by atoms with Crippen LogP contribution in [0.15, 0.2) is 18.5 Å². The van der Waals surface area contributed by atoms with E-state index in [4.69, 9.17) is 9.66 Å². The molecule has 14 heavy (non-hydrogen) atoms. The van der Waals surface area contributed by atoms with Crippen molar-refractivity contribution in [1.29, 1.82) is 0 Å². The first-order valence-corrected chi connectivity index (χ1v) is 5.16. The molecule has 2 atom stereocenters. The smallest absolute Gasteiger partial charge is 0.157 e. The molecular weight excluding hydrogens is 209 g/mol. The zero-order chi connectivity index (χ0) is 10.6. The molecule has 2 N–H and O–H groups in total. The normalized spacial score (nSPS) is 15.1. The van der Waals surface area contributed by atoms with Gasteiger partial charge in [-0.1, -0.05) is 0 Å². The summed E-state index contributed by atoms with van der Waals surface area (Å²) >= 11 is -1.96. The molecule has 0 amide bonds. The average Bonchev–Trinajstić information content (AvgIpc) is 2.16. The third-order valence-electron chi connectivity index (χ3n) is 1.64. The standard InChI is InChI=1S/C8H10FNO3S/c9-2-8(11)7-1-6(3-10-4-7)5-14(12)13/h1,3-4,8,11H,2,5H2,(H,12,13). The number of aliphatic hydroxyl groups excluding tert-OH is 1. The Hall–Kier alpha value is -0.850. The summed E-state index contributed by atoms with van der Waals surface area (Å²) in [7, 11) is 0. The molecule has 1 rings (SSSR count). The lowest BCUT2D eigenvalue weighted by Crippen LogP contribution is -2.02. The zero-order valence-corrected chi connectivity index (χ0v) is 8.08. The molecule has 0 radical (unpaired) electrons. The molecule has 0 aliphatic carbocycles. The molecule has 4 nitrogen and oxygen atoms in total. The lowest BCUT2D eigenvalue weighted by atomic mass is 10.1. The minimum Gasteiger partial charge on any atom is -0.386 e. The highest BCUT2D eigenvalue weighted by Crippen LogP contribution is 2.14. The summed E-state index contributed by atoms with van der Waals surface area (Å²) in [5.41, 5.74) is 0.811. The highest BCUT2D eigenvalue weighted by molar-refractivity contribution is 7.78. The number of aromatic nitrogens is 1. The highest BCUT2D eigenvalue weighted by Gasteiger charge is 2.08. The van der Waals surface area contributed by atoms with Crippen LogP contribution in [0.2, 0.25) is 0 Å². The Bertz CT molecular complexity index is 334. The van der Waals surface area contributed by atoms with Crippen LogP contribution in [0.4, 0.5) is 4.39 Å². The summed E-state index contributed by atoms with van der Waals surface area (Å²) in [6.07, 6.45) is 1.52. The molecule has 0 bridgehead atoms. The van der Waals surface area contributed by atoms with Crippen molar-refractivity contribution in [3.63, 3.8) is 0 Å². The van der Waals surface area contributed by atoms with Crippen molar-refractivity contribution in [2.75, 3.05) is 6.67 Å². The number of rotatable bonds is 4. The van der Waals surface area contributed by atoms with Crippen molar-refractivity contribution < 1.29 is 18.3 Å². The van der Waals surface area contributed by atoms with E-state index >= 15 is 0 Å². The third kappa shape index (κ3) is 3.13. The van der Waals surface area contributed by atoms with E-state index in [-0.39, 0.29) is 5.75 Å². The van der Waals surface area contributed by atoms with Crippen molar-refractivity contribution in [2.45, 2.75) is 11.9 Å². The minimum atomic E-state index is -1.96. The molecule has 78 valence electrons. The van der Waals surface area contributed by atoms with E-state index < -0.39 is 23.9 Å². The van der Waals surface area contributed by atoms with E-state index in [2.05, 4.69) is 4.98 Å². The molecule has 0 aromatic carbocycles. The number of halogens is 1. The molecule has 0 aliphatic heterocycles. The van der Waals surface area contributed by atoms with Crippen LogP contribution in [0.5, 0.6) is 0 Å². The van der Waals surface area contributed by atoms with E-state index in [9.17, 15) is 8.60 Å². The van der Waals surface area contributed by atoms with E-state index in [1.807, 2.05) is 0 Å². The Balaban J connectivity index is 2.83. The van der Waals surface area contributed by atoms with Gasteiger partial charge in [0.05, 0.1) is 5.75 Å². The summed E-state index contributed by atoms with van der Waals surface area (Å²) in [5, 5.41) is 9.13. The van der Waals surface area contributed by atoms with Gasteiger partial charge in [0.1, 0.15) is 12.8 Å². The van der Waals surface area contributed by atoms with Crippen molar-refractivity contribution in [3.8, 4) is 0 Å². The Morgan fingerprint density at radius 2 is 2.29 bits per heavy atom. The average molecular weight is 219 g/mol. The van der Waals surface area contributed by atoms with Gasteiger partial charge in [0.2, 0.25) is 0 Å². The molecule has 0 aliphatic rings. The Morgan fingerprint density at radius 3 is 2.86 bits per heavy atom. The zero-order valence-electron chi connectivity index (χ0n) is 7.26. The van der Waals surface area contributed by atoms with Crippen LogP contribution in [-0.4, -0.2) is 25.5 Å². The Labute approximate surface area is 83.1 Å². The van der Waals surface area contributed by atoms with Gasteiger partial charge in [0.15, 0.2) is 11.1 Å². The second-order valence-electron chi connectivity index (χ2n) is 2.76. The monoisotopic (exact) mass is 219 g/mol. The number of hydrogen-bond acceptors (Lipinski definition) is 3. The SMILES string of the molecule is O=S(O)Cc1cncc(C(O)CF)c1. The van der Waals surface area contributed by atoms with E-state index in [0.29, 0.717) is 11.1 Å². The maximum atomic E-state index is 12.1. The lowest BCUT2D eigenvalue weighted by molar-refractivity contribution is 0.141. The van der Waals surface area contributed by atoms with Gasteiger partial charge in [-0.15, -0.1) is 0 Å². The van der Waals surface area contributed by atoms with Gasteiger partial charge in [-0.3, -0.25) is 4.98 Å². The minimum absolute atomic E-state index is 0.0696. The largest absolute Gasteiger partial charge is 0.386 e. The van der Waals surface area contributed by atoms with Gasteiger partial charge >= 0.3 is 0 Å². The van der Waals surface area contributed by atoms with Crippen LogP contribution in [0, 0.1) is 0 Å². The van der Waals surface area contributed by atoms with Crippen molar-refractivity contribution in [2.24, 2.45) is 0 Å². The molecule has 2 unspecified atom stereocenters. The predicted octanol–water partition coefficient (Wildman–Crippen LogP) is 0.806. The Morgan fingerprint density at radius 1 is 1.57 bits per heavy atom. The summed E-state index contributed by atoms with van der Waals surface area (Å²) < 4.78 is 31.1. The molecule has 0 saturated carbocycles.